The molecule has 1 aliphatic rings. The van der Waals surface area contributed by atoms with E-state index in [4.69, 9.17) is 16.0 Å². The Morgan fingerprint density at radius 2 is 2.00 bits per heavy atom. The minimum Gasteiger partial charge on any atom is -0.439 e. The molecule has 24 heavy (non-hydrogen) atoms. The molecule has 1 heterocycles. The summed E-state index contributed by atoms with van der Waals surface area (Å²) >= 11 is 5.99. The Balaban J connectivity index is 1.53. The van der Waals surface area contributed by atoms with Crippen LogP contribution in [-0.2, 0) is 17.8 Å². The fraction of sp³-hybridized carbons (Fsp3) is 0.263. The predicted octanol–water partition coefficient (Wildman–Crippen LogP) is 4.21. The van der Waals surface area contributed by atoms with Gasteiger partial charge in [0.1, 0.15) is 5.52 Å². The van der Waals surface area contributed by atoms with Gasteiger partial charge in [-0.2, -0.15) is 0 Å². The first-order chi connectivity index (χ1) is 11.7. The van der Waals surface area contributed by atoms with Gasteiger partial charge in [0.25, 0.3) is 0 Å². The van der Waals surface area contributed by atoms with Gasteiger partial charge in [0.2, 0.25) is 11.8 Å². The standard InChI is InChI=1S/C19H17ClN2O2/c20-14-6-9-17-16(11-14)21-18(24-17)12-22(15-7-8-15)19(23)10-13-4-2-1-3-5-13/h1-6,9,11,15H,7-8,10,12H2. The van der Waals surface area contributed by atoms with Gasteiger partial charge in [-0.3, -0.25) is 4.79 Å². The van der Waals surface area contributed by atoms with Gasteiger partial charge in [0.05, 0.1) is 13.0 Å². The van der Waals surface area contributed by atoms with E-state index in [1.54, 1.807) is 18.2 Å². The van der Waals surface area contributed by atoms with E-state index in [9.17, 15) is 4.79 Å². The van der Waals surface area contributed by atoms with Crippen LogP contribution < -0.4 is 0 Å². The van der Waals surface area contributed by atoms with E-state index >= 15 is 0 Å². The number of benzene rings is 2. The van der Waals surface area contributed by atoms with E-state index in [1.807, 2.05) is 35.2 Å². The summed E-state index contributed by atoms with van der Waals surface area (Å²) in [4.78, 5) is 19.1. The molecule has 4 nitrogen and oxygen atoms in total. The molecule has 1 fully saturated rings. The van der Waals surface area contributed by atoms with E-state index in [1.165, 1.54) is 0 Å². The van der Waals surface area contributed by atoms with Crippen LogP contribution in [0.1, 0.15) is 24.3 Å². The lowest BCUT2D eigenvalue weighted by atomic mass is 10.1. The van der Waals surface area contributed by atoms with Crippen molar-refractivity contribution in [3.05, 3.63) is 65.0 Å². The van der Waals surface area contributed by atoms with Gasteiger partial charge in [0.15, 0.2) is 5.58 Å². The van der Waals surface area contributed by atoms with Crippen molar-refractivity contribution in [1.29, 1.82) is 0 Å². The molecule has 0 atom stereocenters. The lowest BCUT2D eigenvalue weighted by Crippen LogP contribution is -2.33. The third-order valence-corrected chi connectivity index (χ3v) is 4.44. The van der Waals surface area contributed by atoms with Crippen molar-refractivity contribution in [2.75, 3.05) is 0 Å². The molecule has 1 aromatic heterocycles. The zero-order valence-corrected chi connectivity index (χ0v) is 13.9. The molecule has 1 aliphatic carbocycles. The zero-order valence-electron chi connectivity index (χ0n) is 13.1. The molecule has 122 valence electrons. The Kier molecular flexibility index (Phi) is 3.98. The highest BCUT2D eigenvalue weighted by Crippen LogP contribution is 2.30. The fourth-order valence-corrected chi connectivity index (χ4v) is 3.01. The first kappa shape index (κ1) is 15.2. The number of fused-ring (bicyclic) bond motifs is 1. The van der Waals surface area contributed by atoms with Crippen LogP contribution in [0.3, 0.4) is 0 Å². The Labute approximate surface area is 145 Å². The van der Waals surface area contributed by atoms with E-state index in [2.05, 4.69) is 4.98 Å². The summed E-state index contributed by atoms with van der Waals surface area (Å²) < 4.78 is 5.77. The summed E-state index contributed by atoms with van der Waals surface area (Å²) in [5, 5.41) is 0.626. The van der Waals surface area contributed by atoms with Crippen LogP contribution in [0, 0.1) is 0 Å². The van der Waals surface area contributed by atoms with Crippen LogP contribution in [0.4, 0.5) is 0 Å². The van der Waals surface area contributed by atoms with Crippen LogP contribution in [0.5, 0.6) is 0 Å². The van der Waals surface area contributed by atoms with Gasteiger partial charge in [-0.15, -0.1) is 0 Å². The molecule has 1 saturated carbocycles. The summed E-state index contributed by atoms with van der Waals surface area (Å²) in [6, 6.07) is 15.5. The monoisotopic (exact) mass is 340 g/mol. The predicted molar refractivity (Wildman–Crippen MR) is 92.7 cm³/mol. The maximum absolute atomic E-state index is 12.7. The fourth-order valence-electron chi connectivity index (χ4n) is 2.84. The molecule has 2 aromatic carbocycles. The third kappa shape index (κ3) is 3.29. The quantitative estimate of drug-likeness (QED) is 0.698. The van der Waals surface area contributed by atoms with E-state index in [-0.39, 0.29) is 5.91 Å². The number of carbonyl (C=O) groups is 1. The second-order valence-corrected chi connectivity index (χ2v) is 6.57. The van der Waals surface area contributed by atoms with Crippen molar-refractivity contribution in [1.82, 2.24) is 9.88 Å². The number of nitrogens with zero attached hydrogens (tertiary/aromatic N) is 2. The Bertz CT molecular complexity index is 871. The summed E-state index contributed by atoms with van der Waals surface area (Å²) in [6.07, 6.45) is 2.50. The molecule has 0 radical (unpaired) electrons. The summed E-state index contributed by atoms with van der Waals surface area (Å²) in [5.74, 6) is 0.671. The largest absolute Gasteiger partial charge is 0.439 e. The van der Waals surface area contributed by atoms with Crippen LogP contribution in [0.15, 0.2) is 52.9 Å². The number of amides is 1. The molecule has 0 saturated heterocycles. The molecule has 4 rings (SSSR count). The first-order valence-corrected chi connectivity index (χ1v) is 8.45. The van der Waals surface area contributed by atoms with Gasteiger partial charge in [-0.25, -0.2) is 4.98 Å². The van der Waals surface area contributed by atoms with Gasteiger partial charge < -0.3 is 9.32 Å². The molecular formula is C19H17ClN2O2. The Hall–Kier alpha value is -2.33. The van der Waals surface area contributed by atoms with E-state index in [0.29, 0.717) is 35.5 Å². The van der Waals surface area contributed by atoms with Gasteiger partial charge >= 0.3 is 0 Å². The normalized spacial score (nSPS) is 14.0. The number of oxazole rings is 1. The highest BCUT2D eigenvalue weighted by Gasteiger charge is 2.33. The molecule has 5 heteroatoms. The van der Waals surface area contributed by atoms with Crippen molar-refractivity contribution in [2.24, 2.45) is 0 Å². The van der Waals surface area contributed by atoms with Gasteiger partial charge in [-0.05, 0) is 36.6 Å². The van der Waals surface area contributed by atoms with Crippen molar-refractivity contribution in [3.8, 4) is 0 Å². The maximum Gasteiger partial charge on any atom is 0.227 e. The number of halogens is 1. The van der Waals surface area contributed by atoms with Crippen molar-refractivity contribution < 1.29 is 9.21 Å². The first-order valence-electron chi connectivity index (χ1n) is 8.07. The van der Waals surface area contributed by atoms with Gasteiger partial charge in [0, 0.05) is 11.1 Å². The van der Waals surface area contributed by atoms with Crippen LogP contribution in [-0.4, -0.2) is 21.8 Å². The van der Waals surface area contributed by atoms with Gasteiger partial charge in [-0.1, -0.05) is 41.9 Å². The summed E-state index contributed by atoms with van der Waals surface area (Å²) in [7, 11) is 0. The van der Waals surface area contributed by atoms with Crippen molar-refractivity contribution in [2.45, 2.75) is 31.8 Å². The summed E-state index contributed by atoms with van der Waals surface area (Å²) in [5.41, 5.74) is 2.45. The highest BCUT2D eigenvalue weighted by molar-refractivity contribution is 6.31. The van der Waals surface area contributed by atoms with Crippen LogP contribution in [0.25, 0.3) is 11.1 Å². The smallest absolute Gasteiger partial charge is 0.227 e. The second-order valence-electron chi connectivity index (χ2n) is 6.13. The van der Waals surface area contributed by atoms with E-state index < -0.39 is 0 Å². The molecule has 0 unspecified atom stereocenters. The van der Waals surface area contributed by atoms with Crippen LogP contribution in [0.2, 0.25) is 5.02 Å². The molecule has 3 aromatic rings. The number of rotatable bonds is 5. The number of hydrogen-bond acceptors (Lipinski definition) is 3. The Morgan fingerprint density at radius 1 is 1.21 bits per heavy atom. The number of carbonyl (C=O) groups excluding carboxylic acids is 1. The lowest BCUT2D eigenvalue weighted by molar-refractivity contribution is -0.132. The van der Waals surface area contributed by atoms with E-state index in [0.717, 1.165) is 23.9 Å². The third-order valence-electron chi connectivity index (χ3n) is 4.21. The molecule has 0 bridgehead atoms. The zero-order chi connectivity index (χ0) is 16.5. The average Bonchev–Trinajstić information content (AvgIpc) is 3.33. The minimum atomic E-state index is 0.115. The average molecular weight is 341 g/mol. The number of hydrogen-bond donors (Lipinski definition) is 0. The maximum atomic E-state index is 12.7. The van der Waals surface area contributed by atoms with Crippen molar-refractivity contribution in [3.63, 3.8) is 0 Å². The molecule has 0 aliphatic heterocycles. The topological polar surface area (TPSA) is 46.3 Å². The van der Waals surface area contributed by atoms with Crippen molar-refractivity contribution >= 4 is 28.6 Å². The second kappa shape index (κ2) is 6.29. The molecule has 0 N–H and O–H groups in total. The summed E-state index contributed by atoms with van der Waals surface area (Å²) in [6.45, 7) is 0.405. The SMILES string of the molecule is O=C(Cc1ccccc1)N(Cc1nc2cc(Cl)ccc2o1)C1CC1. The van der Waals surface area contributed by atoms with Crippen LogP contribution >= 0.6 is 11.6 Å². The number of aromatic nitrogens is 1. The minimum absolute atomic E-state index is 0.115. The Morgan fingerprint density at radius 3 is 2.75 bits per heavy atom. The molecule has 1 amide bonds. The molecular weight excluding hydrogens is 324 g/mol. The highest BCUT2D eigenvalue weighted by atomic mass is 35.5. The lowest BCUT2D eigenvalue weighted by Gasteiger charge is -2.20. The molecule has 0 spiro atoms.